The standard InChI is InChI=1S/C21H21FN4O2S/c22-18-11-5-4-10-17(18)20-24-25-21(26(20)15-7-2-1-3-8-15)29-14-19(27)23-13-16-9-6-12-28-16/h1-5,7-8,10-11,16H,6,9,12-14H2,(H,23,27)/t16-/m1/s1. The molecule has 0 saturated carbocycles. The molecule has 6 nitrogen and oxygen atoms in total. The Morgan fingerprint density at radius 2 is 1.97 bits per heavy atom. The van der Waals surface area contributed by atoms with E-state index in [1.165, 1.54) is 17.8 Å². The van der Waals surface area contributed by atoms with Gasteiger partial charge >= 0.3 is 0 Å². The SMILES string of the molecule is O=C(CSc1nnc(-c2ccccc2F)n1-c1ccccc1)NC[C@H]1CCCO1. The molecule has 29 heavy (non-hydrogen) atoms. The van der Waals surface area contributed by atoms with Gasteiger partial charge in [-0.1, -0.05) is 42.1 Å². The number of halogens is 1. The molecular weight excluding hydrogens is 391 g/mol. The van der Waals surface area contributed by atoms with Crippen LogP contribution in [0.3, 0.4) is 0 Å². The lowest BCUT2D eigenvalue weighted by molar-refractivity contribution is -0.119. The third-order valence-corrected chi connectivity index (χ3v) is 5.57. The van der Waals surface area contributed by atoms with Crippen LogP contribution in [0.15, 0.2) is 59.8 Å². The van der Waals surface area contributed by atoms with E-state index in [1.807, 2.05) is 30.3 Å². The van der Waals surface area contributed by atoms with E-state index < -0.39 is 0 Å². The third-order valence-electron chi connectivity index (χ3n) is 4.65. The maximum atomic E-state index is 14.4. The summed E-state index contributed by atoms with van der Waals surface area (Å²) in [6, 6.07) is 15.9. The Balaban J connectivity index is 1.54. The number of carbonyl (C=O) groups excluding carboxylic acids is 1. The van der Waals surface area contributed by atoms with Gasteiger partial charge < -0.3 is 10.1 Å². The number of aromatic nitrogens is 3. The van der Waals surface area contributed by atoms with Gasteiger partial charge in [0.2, 0.25) is 5.91 Å². The molecule has 1 amide bonds. The predicted octanol–water partition coefficient (Wildman–Crippen LogP) is 3.46. The highest BCUT2D eigenvalue weighted by molar-refractivity contribution is 7.99. The molecule has 0 spiro atoms. The van der Waals surface area contributed by atoms with Crippen LogP contribution < -0.4 is 5.32 Å². The van der Waals surface area contributed by atoms with E-state index in [2.05, 4.69) is 15.5 Å². The molecule has 0 unspecified atom stereocenters. The van der Waals surface area contributed by atoms with Crippen molar-refractivity contribution in [1.29, 1.82) is 0 Å². The Morgan fingerprint density at radius 1 is 1.17 bits per heavy atom. The molecule has 0 radical (unpaired) electrons. The Morgan fingerprint density at radius 3 is 2.72 bits per heavy atom. The minimum atomic E-state index is -0.372. The smallest absolute Gasteiger partial charge is 0.230 e. The molecule has 0 bridgehead atoms. The fourth-order valence-corrected chi connectivity index (χ4v) is 3.99. The number of benzene rings is 2. The summed E-state index contributed by atoms with van der Waals surface area (Å²) in [5.41, 5.74) is 1.16. The summed E-state index contributed by atoms with van der Waals surface area (Å²) < 4.78 is 21.7. The second-order valence-electron chi connectivity index (χ2n) is 6.68. The summed E-state index contributed by atoms with van der Waals surface area (Å²) >= 11 is 1.27. The van der Waals surface area contributed by atoms with Crippen molar-refractivity contribution in [2.45, 2.75) is 24.1 Å². The van der Waals surface area contributed by atoms with E-state index in [0.717, 1.165) is 25.1 Å². The average molecular weight is 412 g/mol. The molecule has 1 aromatic heterocycles. The minimum Gasteiger partial charge on any atom is -0.376 e. The number of ether oxygens (including phenoxy) is 1. The number of amides is 1. The summed E-state index contributed by atoms with van der Waals surface area (Å²) in [4.78, 5) is 12.2. The lowest BCUT2D eigenvalue weighted by Gasteiger charge is -2.12. The molecule has 0 aliphatic carbocycles. The number of carbonyl (C=O) groups is 1. The molecule has 8 heteroatoms. The van der Waals surface area contributed by atoms with Crippen molar-refractivity contribution in [3.05, 3.63) is 60.4 Å². The lowest BCUT2D eigenvalue weighted by atomic mass is 10.2. The van der Waals surface area contributed by atoms with E-state index in [4.69, 9.17) is 4.74 Å². The summed E-state index contributed by atoms with van der Waals surface area (Å²) in [5, 5.41) is 11.9. The zero-order valence-electron chi connectivity index (χ0n) is 15.8. The van der Waals surface area contributed by atoms with Gasteiger partial charge in [0.15, 0.2) is 11.0 Å². The molecule has 2 aromatic carbocycles. The van der Waals surface area contributed by atoms with Gasteiger partial charge in [-0.3, -0.25) is 9.36 Å². The van der Waals surface area contributed by atoms with Gasteiger partial charge in [0, 0.05) is 18.8 Å². The fourth-order valence-electron chi connectivity index (χ4n) is 3.20. The second-order valence-corrected chi connectivity index (χ2v) is 7.63. The highest BCUT2D eigenvalue weighted by Gasteiger charge is 2.20. The van der Waals surface area contributed by atoms with Crippen molar-refractivity contribution < 1.29 is 13.9 Å². The van der Waals surface area contributed by atoms with Crippen LogP contribution in [0, 0.1) is 5.82 Å². The summed E-state index contributed by atoms with van der Waals surface area (Å²) in [6.45, 7) is 1.28. The van der Waals surface area contributed by atoms with E-state index >= 15 is 0 Å². The van der Waals surface area contributed by atoms with E-state index in [1.54, 1.807) is 22.8 Å². The molecule has 4 rings (SSSR count). The molecule has 1 atom stereocenters. The number of rotatable bonds is 7. The van der Waals surface area contributed by atoms with Crippen molar-refractivity contribution in [3.8, 4) is 17.1 Å². The Hall–Kier alpha value is -2.71. The Kier molecular flexibility index (Phi) is 6.21. The molecule has 2 heterocycles. The fraction of sp³-hybridized carbons (Fsp3) is 0.286. The normalized spacial score (nSPS) is 16.1. The Bertz CT molecular complexity index is 974. The van der Waals surface area contributed by atoms with Gasteiger partial charge in [-0.15, -0.1) is 10.2 Å². The maximum Gasteiger partial charge on any atom is 0.230 e. The van der Waals surface area contributed by atoms with E-state index in [9.17, 15) is 9.18 Å². The van der Waals surface area contributed by atoms with Gasteiger partial charge in [0.1, 0.15) is 5.82 Å². The van der Waals surface area contributed by atoms with Gasteiger partial charge in [0.05, 0.1) is 17.4 Å². The van der Waals surface area contributed by atoms with Crippen LogP contribution in [0.5, 0.6) is 0 Å². The number of para-hydroxylation sites is 1. The van der Waals surface area contributed by atoms with Crippen LogP contribution in [-0.4, -0.2) is 45.7 Å². The first-order valence-corrected chi connectivity index (χ1v) is 10.5. The first-order chi connectivity index (χ1) is 14.2. The zero-order valence-corrected chi connectivity index (χ0v) is 16.6. The first-order valence-electron chi connectivity index (χ1n) is 9.49. The van der Waals surface area contributed by atoms with Crippen molar-refractivity contribution in [2.24, 2.45) is 0 Å². The number of thioether (sulfide) groups is 1. The highest BCUT2D eigenvalue weighted by atomic mass is 32.2. The molecule has 150 valence electrons. The van der Waals surface area contributed by atoms with Crippen molar-refractivity contribution in [3.63, 3.8) is 0 Å². The highest BCUT2D eigenvalue weighted by Crippen LogP contribution is 2.29. The van der Waals surface area contributed by atoms with Crippen LogP contribution in [0.1, 0.15) is 12.8 Å². The third kappa shape index (κ3) is 4.65. The summed E-state index contributed by atoms with van der Waals surface area (Å²) in [7, 11) is 0. The average Bonchev–Trinajstić information content (AvgIpc) is 3.41. The number of nitrogens with zero attached hydrogens (tertiary/aromatic N) is 3. The first kappa shape index (κ1) is 19.6. The molecular formula is C21H21FN4O2S. The van der Waals surface area contributed by atoms with Gasteiger partial charge in [0.25, 0.3) is 0 Å². The van der Waals surface area contributed by atoms with Crippen molar-refractivity contribution in [2.75, 3.05) is 18.9 Å². The Labute approximate surface area is 172 Å². The van der Waals surface area contributed by atoms with Crippen LogP contribution in [0.2, 0.25) is 0 Å². The molecule has 3 aromatic rings. The molecule has 1 aliphatic rings. The van der Waals surface area contributed by atoms with Crippen LogP contribution in [0.25, 0.3) is 17.1 Å². The predicted molar refractivity (Wildman–Crippen MR) is 109 cm³/mol. The quantitative estimate of drug-likeness (QED) is 0.602. The van der Waals surface area contributed by atoms with Crippen molar-refractivity contribution >= 4 is 17.7 Å². The number of hydrogen-bond acceptors (Lipinski definition) is 5. The topological polar surface area (TPSA) is 69.0 Å². The van der Waals surface area contributed by atoms with Crippen LogP contribution in [-0.2, 0) is 9.53 Å². The van der Waals surface area contributed by atoms with E-state index in [0.29, 0.717) is 23.1 Å². The maximum absolute atomic E-state index is 14.4. The molecule has 1 N–H and O–H groups in total. The minimum absolute atomic E-state index is 0.0967. The monoisotopic (exact) mass is 412 g/mol. The zero-order chi connectivity index (χ0) is 20.1. The second kappa shape index (κ2) is 9.19. The molecule has 1 fully saturated rings. The van der Waals surface area contributed by atoms with Gasteiger partial charge in [-0.25, -0.2) is 4.39 Å². The van der Waals surface area contributed by atoms with E-state index in [-0.39, 0.29) is 23.6 Å². The van der Waals surface area contributed by atoms with Crippen molar-refractivity contribution in [1.82, 2.24) is 20.1 Å². The largest absolute Gasteiger partial charge is 0.376 e. The number of hydrogen-bond donors (Lipinski definition) is 1. The van der Waals surface area contributed by atoms with Gasteiger partial charge in [-0.2, -0.15) is 0 Å². The van der Waals surface area contributed by atoms with Crippen LogP contribution >= 0.6 is 11.8 Å². The molecule has 1 saturated heterocycles. The van der Waals surface area contributed by atoms with Crippen LogP contribution in [0.4, 0.5) is 4.39 Å². The molecule has 1 aliphatic heterocycles. The number of nitrogens with one attached hydrogen (secondary N) is 1. The summed E-state index contributed by atoms with van der Waals surface area (Å²) in [5.74, 6) is 0.120. The lowest BCUT2D eigenvalue weighted by Crippen LogP contribution is -2.32. The summed E-state index contributed by atoms with van der Waals surface area (Å²) in [6.07, 6.45) is 2.11. The van der Waals surface area contributed by atoms with Gasteiger partial charge in [-0.05, 0) is 37.1 Å².